The third-order valence-electron chi connectivity index (χ3n) is 12.8. The average molecular weight is 657 g/mol. The standard InChI is InChI=1S/C35H60O11/c1-9-33(30-19(3)15-25(42-30)28-18(2)14-20(4)35(41,17-36)45-28)11-10-26(43-33)32(8)12-13-34(46-32)16-24(37)21(5)29(44-34)22(6)27(38)23(7)31(39)40/h18-30,36-38,41H,9-17H2,1-8H3,(H,39,40)/t18-,19-,20+,21+,22-,23-,24-,25?,26+,27+,28-,29-,30+,32-,33-,34+,35-/m0/s1. The lowest BCUT2D eigenvalue weighted by atomic mass is 9.78. The molecular weight excluding hydrogens is 596 g/mol. The van der Waals surface area contributed by atoms with Crippen LogP contribution in [0.3, 0.4) is 0 Å². The molecule has 1 unspecified atom stereocenters. The Balaban J connectivity index is 1.28. The van der Waals surface area contributed by atoms with Gasteiger partial charge < -0.3 is 49.2 Å². The fourth-order valence-electron chi connectivity index (χ4n) is 9.51. The highest BCUT2D eigenvalue weighted by atomic mass is 16.7. The van der Waals surface area contributed by atoms with E-state index in [9.17, 15) is 30.3 Å². The van der Waals surface area contributed by atoms with Crippen molar-refractivity contribution >= 4 is 5.97 Å². The zero-order valence-electron chi connectivity index (χ0n) is 29.1. The summed E-state index contributed by atoms with van der Waals surface area (Å²) in [6.07, 6.45) is 2.01. The average Bonchev–Trinajstić information content (AvgIpc) is 3.72. The lowest BCUT2D eigenvalue weighted by Gasteiger charge is -2.48. The number of carbonyl (C=O) groups is 1. The van der Waals surface area contributed by atoms with E-state index in [4.69, 9.17) is 23.7 Å². The smallest absolute Gasteiger partial charge is 0.308 e. The number of hydrogen-bond acceptors (Lipinski definition) is 10. The van der Waals surface area contributed by atoms with Gasteiger partial charge in [-0.15, -0.1) is 0 Å². The summed E-state index contributed by atoms with van der Waals surface area (Å²) in [5.74, 6) is -5.30. The molecule has 0 bridgehead atoms. The van der Waals surface area contributed by atoms with Gasteiger partial charge in [0, 0.05) is 30.6 Å². The van der Waals surface area contributed by atoms with E-state index in [2.05, 4.69) is 27.7 Å². The molecule has 0 radical (unpaired) electrons. The molecule has 266 valence electrons. The molecule has 46 heavy (non-hydrogen) atoms. The van der Waals surface area contributed by atoms with Gasteiger partial charge in [0.1, 0.15) is 0 Å². The molecule has 5 fully saturated rings. The fourth-order valence-corrected chi connectivity index (χ4v) is 9.51. The molecule has 0 aromatic carbocycles. The van der Waals surface area contributed by atoms with Crippen LogP contribution < -0.4 is 0 Å². The lowest BCUT2D eigenvalue weighted by molar-refractivity contribution is -0.336. The number of rotatable bonds is 9. The van der Waals surface area contributed by atoms with E-state index in [1.54, 1.807) is 6.92 Å². The van der Waals surface area contributed by atoms with E-state index in [0.717, 1.165) is 32.1 Å². The van der Waals surface area contributed by atoms with Crippen LogP contribution in [-0.4, -0.2) is 104 Å². The minimum absolute atomic E-state index is 0.166. The van der Waals surface area contributed by atoms with E-state index in [-0.39, 0.29) is 48.1 Å². The second-order valence-corrected chi connectivity index (χ2v) is 16.1. The summed E-state index contributed by atoms with van der Waals surface area (Å²) in [5, 5.41) is 52.3. The highest BCUT2D eigenvalue weighted by molar-refractivity contribution is 5.70. The molecule has 0 aliphatic carbocycles. The van der Waals surface area contributed by atoms with Crippen LogP contribution in [-0.2, 0) is 28.5 Å². The Morgan fingerprint density at radius 2 is 1.70 bits per heavy atom. The second-order valence-electron chi connectivity index (χ2n) is 16.1. The summed E-state index contributed by atoms with van der Waals surface area (Å²) >= 11 is 0. The van der Waals surface area contributed by atoms with Gasteiger partial charge in [-0.05, 0) is 64.2 Å². The predicted molar refractivity (Wildman–Crippen MR) is 168 cm³/mol. The molecule has 1 spiro atoms. The van der Waals surface area contributed by atoms with Gasteiger partial charge in [-0.25, -0.2) is 0 Å². The Morgan fingerprint density at radius 1 is 1.00 bits per heavy atom. The van der Waals surface area contributed by atoms with Crippen molar-refractivity contribution in [2.75, 3.05) is 6.61 Å². The molecule has 17 atom stereocenters. The van der Waals surface area contributed by atoms with Gasteiger partial charge in [-0.1, -0.05) is 41.5 Å². The van der Waals surface area contributed by atoms with Gasteiger partial charge in [-0.2, -0.15) is 0 Å². The molecule has 11 heteroatoms. The van der Waals surface area contributed by atoms with E-state index >= 15 is 0 Å². The Labute approximate surface area is 274 Å². The molecule has 5 aliphatic rings. The van der Waals surface area contributed by atoms with Crippen molar-refractivity contribution in [3.05, 3.63) is 0 Å². The van der Waals surface area contributed by atoms with Crippen molar-refractivity contribution < 1.29 is 54.0 Å². The number of ether oxygens (including phenoxy) is 5. The normalized spacial score (nSPS) is 51.7. The summed E-state index contributed by atoms with van der Waals surface area (Å²) in [7, 11) is 0. The highest BCUT2D eigenvalue weighted by Gasteiger charge is 2.62. The first-order valence-electron chi connectivity index (χ1n) is 17.7. The number of aliphatic hydroxyl groups is 4. The highest BCUT2D eigenvalue weighted by Crippen LogP contribution is 2.54. The third kappa shape index (κ3) is 6.31. The zero-order chi connectivity index (χ0) is 34.0. The lowest BCUT2D eigenvalue weighted by Crippen LogP contribution is -2.56. The minimum Gasteiger partial charge on any atom is -0.481 e. The SMILES string of the molecule is CC[C@@]1([C@@H]2OC([C@H]3O[C@@](O)(CO)[C@H](C)C[C@@H]3C)C[C@@H]2C)CC[C@H]([C@]2(C)CC[C@]3(C[C@H](O)[C@@H](C)[C@@H]([C@@H](C)[C@@H](O)[C@H](C)C(=O)O)O3)O2)O1. The number of aliphatic hydroxyl groups excluding tert-OH is 3. The quantitative estimate of drug-likeness (QED) is 0.246. The Bertz CT molecular complexity index is 1090. The van der Waals surface area contributed by atoms with E-state index < -0.39 is 65.5 Å². The van der Waals surface area contributed by atoms with Gasteiger partial charge in [-0.3, -0.25) is 4.79 Å². The Hall–Kier alpha value is -0.890. The molecule has 5 aliphatic heterocycles. The van der Waals surface area contributed by atoms with Crippen molar-refractivity contribution in [3.8, 4) is 0 Å². The van der Waals surface area contributed by atoms with Crippen LogP contribution in [0.15, 0.2) is 0 Å². The number of carboxylic acid groups (broad SMARTS) is 1. The first kappa shape index (κ1) is 36.4. The molecule has 5 N–H and O–H groups in total. The third-order valence-corrected chi connectivity index (χ3v) is 12.8. The predicted octanol–water partition coefficient (Wildman–Crippen LogP) is 3.62. The maximum absolute atomic E-state index is 11.6. The van der Waals surface area contributed by atoms with E-state index in [1.807, 2.05) is 13.8 Å². The van der Waals surface area contributed by atoms with Crippen LogP contribution in [0.25, 0.3) is 0 Å². The Morgan fingerprint density at radius 3 is 2.33 bits per heavy atom. The van der Waals surface area contributed by atoms with Crippen LogP contribution in [0, 0.1) is 35.5 Å². The van der Waals surface area contributed by atoms with Gasteiger partial charge in [0.15, 0.2) is 11.6 Å². The van der Waals surface area contributed by atoms with Crippen LogP contribution in [0.5, 0.6) is 0 Å². The largest absolute Gasteiger partial charge is 0.481 e. The van der Waals surface area contributed by atoms with Crippen molar-refractivity contribution in [2.45, 2.75) is 172 Å². The molecule has 0 amide bonds. The van der Waals surface area contributed by atoms with Gasteiger partial charge >= 0.3 is 5.97 Å². The molecule has 5 saturated heterocycles. The summed E-state index contributed by atoms with van der Waals surface area (Å²) in [4.78, 5) is 11.6. The van der Waals surface area contributed by atoms with Crippen LogP contribution in [0.1, 0.15) is 107 Å². The first-order valence-corrected chi connectivity index (χ1v) is 17.7. The van der Waals surface area contributed by atoms with Gasteiger partial charge in [0.2, 0.25) is 0 Å². The molecule has 5 heterocycles. The first-order chi connectivity index (χ1) is 21.4. The van der Waals surface area contributed by atoms with Crippen molar-refractivity contribution in [1.82, 2.24) is 0 Å². The van der Waals surface area contributed by atoms with E-state index in [1.165, 1.54) is 6.92 Å². The second kappa shape index (κ2) is 13.1. The summed E-state index contributed by atoms with van der Waals surface area (Å²) in [6.45, 7) is 15.1. The molecule has 11 nitrogen and oxygen atoms in total. The fraction of sp³-hybridized carbons (Fsp3) is 0.971. The van der Waals surface area contributed by atoms with E-state index in [0.29, 0.717) is 19.3 Å². The van der Waals surface area contributed by atoms with Crippen molar-refractivity contribution in [3.63, 3.8) is 0 Å². The number of carboxylic acids is 1. The number of aliphatic carboxylic acids is 1. The van der Waals surface area contributed by atoms with Crippen molar-refractivity contribution in [1.29, 1.82) is 0 Å². The molecule has 0 saturated carbocycles. The zero-order valence-corrected chi connectivity index (χ0v) is 29.1. The molecule has 0 aromatic rings. The molecule has 0 aromatic heterocycles. The summed E-state index contributed by atoms with van der Waals surface area (Å²) in [6, 6.07) is 0. The monoisotopic (exact) mass is 656 g/mol. The Kier molecular flexibility index (Phi) is 10.4. The maximum atomic E-state index is 11.6. The van der Waals surface area contributed by atoms with Crippen LogP contribution in [0.2, 0.25) is 0 Å². The maximum Gasteiger partial charge on any atom is 0.308 e. The molecular formula is C35H60O11. The summed E-state index contributed by atoms with van der Waals surface area (Å²) in [5.41, 5.74) is -1.19. The van der Waals surface area contributed by atoms with Crippen molar-refractivity contribution in [2.24, 2.45) is 35.5 Å². The molecule has 5 rings (SSSR count). The van der Waals surface area contributed by atoms with Gasteiger partial charge in [0.25, 0.3) is 0 Å². The minimum atomic E-state index is -1.57. The number of hydrogen-bond donors (Lipinski definition) is 5. The van der Waals surface area contributed by atoms with Crippen LogP contribution >= 0.6 is 0 Å². The van der Waals surface area contributed by atoms with Gasteiger partial charge in [0.05, 0.1) is 66.5 Å². The topological polar surface area (TPSA) is 164 Å². The van der Waals surface area contributed by atoms with Crippen LogP contribution in [0.4, 0.5) is 0 Å². The summed E-state index contributed by atoms with van der Waals surface area (Å²) < 4.78 is 33.5.